The van der Waals surface area contributed by atoms with Crippen LogP contribution in [0.2, 0.25) is 0 Å². The summed E-state index contributed by atoms with van der Waals surface area (Å²) in [6.45, 7) is 3.27. The molecule has 1 aromatic carbocycles. The minimum atomic E-state index is -0.247. The highest BCUT2D eigenvalue weighted by molar-refractivity contribution is 8.00. The number of likely N-dealkylation sites (tertiary alicyclic amines) is 1. The number of nitriles is 1. The molecule has 0 unspecified atom stereocenters. The van der Waals surface area contributed by atoms with Gasteiger partial charge in [0.05, 0.1) is 16.3 Å². The number of piperidine rings is 1. The second-order valence-electron chi connectivity index (χ2n) is 6.94. The number of carbonyl (C=O) groups excluding carboxylic acids is 1. The number of aromatic nitrogens is 1. The van der Waals surface area contributed by atoms with Crippen molar-refractivity contribution in [3.05, 3.63) is 63.4 Å². The Labute approximate surface area is 163 Å². The van der Waals surface area contributed by atoms with Crippen molar-refractivity contribution in [2.75, 3.05) is 18.8 Å². The Kier molecular flexibility index (Phi) is 6.36. The summed E-state index contributed by atoms with van der Waals surface area (Å²) in [4.78, 5) is 28.7. The Morgan fingerprint density at radius 3 is 2.67 bits per heavy atom. The Balaban J connectivity index is 1.52. The number of rotatable bonds is 5. The maximum Gasteiger partial charge on any atom is 0.249 e. The molecule has 1 aliphatic heterocycles. The molecule has 1 N–H and O–H groups in total. The van der Waals surface area contributed by atoms with Gasteiger partial charge in [0.15, 0.2) is 0 Å². The van der Waals surface area contributed by atoms with Crippen LogP contribution in [-0.2, 0) is 11.2 Å². The third kappa shape index (κ3) is 5.01. The SMILES string of the molecule is Cc1cc(=O)[nH]c(SCC(=O)N2CCC(Cc3ccccc3)CC2)c1C#N. The van der Waals surface area contributed by atoms with E-state index in [1.54, 1.807) is 6.92 Å². The first-order chi connectivity index (χ1) is 13.1. The molecule has 5 nitrogen and oxygen atoms in total. The maximum absolute atomic E-state index is 12.5. The number of H-pyrrole nitrogens is 1. The van der Waals surface area contributed by atoms with Crippen molar-refractivity contribution in [1.29, 1.82) is 5.26 Å². The van der Waals surface area contributed by atoms with Crippen molar-refractivity contribution in [3.63, 3.8) is 0 Å². The van der Waals surface area contributed by atoms with Crippen molar-refractivity contribution in [2.24, 2.45) is 5.92 Å². The fourth-order valence-electron chi connectivity index (χ4n) is 3.46. The van der Waals surface area contributed by atoms with Crippen LogP contribution >= 0.6 is 11.8 Å². The van der Waals surface area contributed by atoms with Crippen LogP contribution in [0.5, 0.6) is 0 Å². The smallest absolute Gasteiger partial charge is 0.249 e. The van der Waals surface area contributed by atoms with E-state index in [2.05, 4.69) is 35.3 Å². The van der Waals surface area contributed by atoms with Crippen LogP contribution in [0.3, 0.4) is 0 Å². The Hall–Kier alpha value is -2.52. The van der Waals surface area contributed by atoms with E-state index in [1.807, 2.05) is 11.0 Å². The normalized spacial score (nSPS) is 14.7. The van der Waals surface area contributed by atoms with Gasteiger partial charge in [-0.05, 0) is 43.2 Å². The van der Waals surface area contributed by atoms with Crippen LogP contribution in [0.25, 0.3) is 0 Å². The number of hydrogen-bond acceptors (Lipinski definition) is 4. The largest absolute Gasteiger partial charge is 0.342 e. The zero-order valence-electron chi connectivity index (χ0n) is 15.4. The van der Waals surface area contributed by atoms with Gasteiger partial charge < -0.3 is 9.88 Å². The second kappa shape index (κ2) is 8.92. The van der Waals surface area contributed by atoms with E-state index in [4.69, 9.17) is 0 Å². The molecule has 0 radical (unpaired) electrons. The molecule has 1 fully saturated rings. The van der Waals surface area contributed by atoms with E-state index in [0.717, 1.165) is 32.4 Å². The molecule has 2 aromatic rings. The third-order valence-electron chi connectivity index (χ3n) is 4.99. The summed E-state index contributed by atoms with van der Waals surface area (Å²) in [6, 6.07) is 14.0. The summed E-state index contributed by atoms with van der Waals surface area (Å²) in [6.07, 6.45) is 3.08. The zero-order chi connectivity index (χ0) is 19.2. The van der Waals surface area contributed by atoms with E-state index >= 15 is 0 Å². The average molecular weight is 382 g/mol. The zero-order valence-corrected chi connectivity index (χ0v) is 16.2. The van der Waals surface area contributed by atoms with Gasteiger partial charge in [-0.2, -0.15) is 5.26 Å². The van der Waals surface area contributed by atoms with Gasteiger partial charge in [-0.25, -0.2) is 0 Å². The van der Waals surface area contributed by atoms with E-state index in [1.165, 1.54) is 23.4 Å². The number of benzene rings is 1. The van der Waals surface area contributed by atoms with E-state index < -0.39 is 0 Å². The van der Waals surface area contributed by atoms with Crippen LogP contribution in [-0.4, -0.2) is 34.6 Å². The van der Waals surface area contributed by atoms with Crippen molar-refractivity contribution in [2.45, 2.75) is 31.2 Å². The Morgan fingerprint density at radius 1 is 1.30 bits per heavy atom. The molecule has 3 rings (SSSR count). The lowest BCUT2D eigenvalue weighted by Crippen LogP contribution is -2.39. The Morgan fingerprint density at radius 2 is 2.00 bits per heavy atom. The molecule has 0 bridgehead atoms. The first kappa shape index (κ1) is 19.2. The summed E-state index contributed by atoms with van der Waals surface area (Å²) >= 11 is 1.24. The molecule has 6 heteroatoms. The second-order valence-corrected chi connectivity index (χ2v) is 7.92. The van der Waals surface area contributed by atoms with Crippen LogP contribution in [0, 0.1) is 24.2 Å². The molecule has 0 aliphatic carbocycles. The minimum Gasteiger partial charge on any atom is -0.342 e. The predicted octanol–water partition coefficient (Wildman–Crippen LogP) is 3.13. The van der Waals surface area contributed by atoms with Crippen molar-refractivity contribution < 1.29 is 4.79 Å². The Bertz CT molecular complexity index is 894. The number of nitrogens with one attached hydrogen (secondary N) is 1. The molecule has 27 heavy (non-hydrogen) atoms. The standard InChI is InChI=1S/C21H23N3O2S/c1-15-11-19(25)23-21(18(15)13-22)27-14-20(26)24-9-7-17(8-10-24)12-16-5-3-2-4-6-16/h2-6,11,17H,7-10,12,14H2,1H3,(H,23,25). The number of pyridine rings is 1. The molecule has 1 saturated heterocycles. The maximum atomic E-state index is 12.5. The summed E-state index contributed by atoms with van der Waals surface area (Å²) in [5, 5.41) is 9.75. The van der Waals surface area contributed by atoms with Crippen LogP contribution in [0.4, 0.5) is 0 Å². The van der Waals surface area contributed by atoms with Gasteiger partial charge in [0, 0.05) is 19.2 Å². The minimum absolute atomic E-state index is 0.0596. The van der Waals surface area contributed by atoms with E-state index in [0.29, 0.717) is 22.1 Å². The topological polar surface area (TPSA) is 77.0 Å². The number of amides is 1. The summed E-state index contributed by atoms with van der Waals surface area (Å²) in [5.41, 5.74) is 2.18. The summed E-state index contributed by atoms with van der Waals surface area (Å²) in [7, 11) is 0. The average Bonchev–Trinajstić information content (AvgIpc) is 2.67. The van der Waals surface area contributed by atoms with Gasteiger partial charge in [-0.15, -0.1) is 0 Å². The number of thioether (sulfide) groups is 1. The molecule has 0 spiro atoms. The lowest BCUT2D eigenvalue weighted by Gasteiger charge is -2.32. The van der Waals surface area contributed by atoms with Gasteiger partial charge in [0.25, 0.3) is 0 Å². The van der Waals surface area contributed by atoms with E-state index in [9.17, 15) is 14.9 Å². The molecule has 2 heterocycles. The molecular formula is C21H23N3O2S. The third-order valence-corrected chi connectivity index (χ3v) is 5.98. The number of hydrogen-bond donors (Lipinski definition) is 1. The molecule has 0 atom stereocenters. The molecule has 0 saturated carbocycles. The lowest BCUT2D eigenvalue weighted by molar-refractivity contribution is -0.129. The monoisotopic (exact) mass is 381 g/mol. The summed E-state index contributed by atoms with van der Waals surface area (Å²) in [5.74, 6) is 0.907. The van der Waals surface area contributed by atoms with Gasteiger partial charge in [0.1, 0.15) is 6.07 Å². The quantitative estimate of drug-likeness (QED) is 0.807. The molecule has 1 aromatic heterocycles. The van der Waals surface area contributed by atoms with E-state index in [-0.39, 0.29) is 17.2 Å². The number of carbonyl (C=O) groups is 1. The van der Waals surface area contributed by atoms with Crippen LogP contribution in [0.15, 0.2) is 46.2 Å². The van der Waals surface area contributed by atoms with Gasteiger partial charge in [-0.3, -0.25) is 9.59 Å². The highest BCUT2D eigenvalue weighted by Gasteiger charge is 2.23. The van der Waals surface area contributed by atoms with Crippen molar-refractivity contribution in [1.82, 2.24) is 9.88 Å². The molecule has 140 valence electrons. The predicted molar refractivity (Wildman–Crippen MR) is 107 cm³/mol. The van der Waals surface area contributed by atoms with Crippen LogP contribution in [0.1, 0.15) is 29.5 Å². The molecule has 1 aliphatic rings. The van der Waals surface area contributed by atoms with Gasteiger partial charge in [-0.1, -0.05) is 42.1 Å². The first-order valence-corrected chi connectivity index (χ1v) is 10.1. The van der Waals surface area contributed by atoms with Crippen molar-refractivity contribution in [3.8, 4) is 6.07 Å². The lowest BCUT2D eigenvalue weighted by atomic mass is 9.90. The number of aryl methyl sites for hydroxylation is 1. The highest BCUT2D eigenvalue weighted by atomic mass is 32.2. The highest BCUT2D eigenvalue weighted by Crippen LogP contribution is 2.24. The first-order valence-electron chi connectivity index (χ1n) is 9.15. The molecular weight excluding hydrogens is 358 g/mol. The van der Waals surface area contributed by atoms with Gasteiger partial charge in [0.2, 0.25) is 11.5 Å². The summed E-state index contributed by atoms with van der Waals surface area (Å²) < 4.78 is 0. The number of aromatic amines is 1. The molecule has 1 amide bonds. The number of nitrogens with zero attached hydrogens (tertiary/aromatic N) is 2. The van der Waals surface area contributed by atoms with Crippen molar-refractivity contribution >= 4 is 17.7 Å². The fraction of sp³-hybridized carbons (Fsp3) is 0.381. The van der Waals surface area contributed by atoms with Gasteiger partial charge >= 0.3 is 0 Å². The van der Waals surface area contributed by atoms with Crippen LogP contribution < -0.4 is 5.56 Å². The fourth-order valence-corrected chi connectivity index (χ4v) is 4.44.